The number of fused-ring (bicyclic) bond motifs is 1. The number of ether oxygens (including phenoxy) is 2. The third kappa shape index (κ3) is 1.85. The number of aldehydes is 1. The molecular formula is C11H10F2O3. The number of rotatable bonds is 3. The highest BCUT2D eigenvalue weighted by atomic mass is 19.2. The topological polar surface area (TPSA) is 35.5 Å². The third-order valence-corrected chi connectivity index (χ3v) is 2.33. The molecule has 0 atom stereocenters. The van der Waals surface area contributed by atoms with Gasteiger partial charge in [-0.1, -0.05) is 0 Å². The number of hydrogen-bond donors (Lipinski definition) is 0. The van der Waals surface area contributed by atoms with Crippen molar-refractivity contribution >= 4 is 6.29 Å². The summed E-state index contributed by atoms with van der Waals surface area (Å²) in [6, 6.07) is 0.967. The van der Waals surface area contributed by atoms with E-state index in [1.54, 1.807) is 0 Å². The molecule has 0 fully saturated rings. The van der Waals surface area contributed by atoms with Crippen molar-refractivity contribution < 1.29 is 23.0 Å². The Hall–Kier alpha value is -1.65. The number of carbonyl (C=O) groups excluding carboxylic acids is 1. The molecule has 5 heteroatoms. The SMILES string of the molecule is O=CCCc1c(F)c(F)cc2c1OCCO2. The van der Waals surface area contributed by atoms with Gasteiger partial charge in [-0.05, 0) is 6.42 Å². The lowest BCUT2D eigenvalue weighted by atomic mass is 10.1. The van der Waals surface area contributed by atoms with Crippen molar-refractivity contribution in [1.29, 1.82) is 0 Å². The molecule has 0 aromatic heterocycles. The minimum atomic E-state index is -0.981. The number of halogens is 2. The van der Waals surface area contributed by atoms with E-state index in [-0.39, 0.29) is 29.9 Å². The lowest BCUT2D eigenvalue weighted by Gasteiger charge is -2.21. The zero-order chi connectivity index (χ0) is 11.5. The largest absolute Gasteiger partial charge is 0.486 e. The predicted octanol–water partition coefficient (Wildman–Crippen LogP) is 1.87. The van der Waals surface area contributed by atoms with Gasteiger partial charge in [0, 0.05) is 18.1 Å². The van der Waals surface area contributed by atoms with Crippen molar-refractivity contribution in [1.82, 2.24) is 0 Å². The molecule has 0 radical (unpaired) electrons. The van der Waals surface area contributed by atoms with Crippen LogP contribution in [0.4, 0.5) is 8.78 Å². The maximum absolute atomic E-state index is 13.5. The Balaban J connectivity index is 2.45. The molecule has 3 nitrogen and oxygen atoms in total. The number of carbonyl (C=O) groups is 1. The van der Waals surface area contributed by atoms with Gasteiger partial charge in [0.1, 0.15) is 19.5 Å². The molecule has 1 aliphatic rings. The normalized spacial score (nSPS) is 13.6. The van der Waals surface area contributed by atoms with Crippen molar-refractivity contribution in [3.63, 3.8) is 0 Å². The minimum absolute atomic E-state index is 0.0711. The van der Waals surface area contributed by atoms with Gasteiger partial charge in [0.15, 0.2) is 23.1 Å². The lowest BCUT2D eigenvalue weighted by Crippen LogP contribution is -2.18. The van der Waals surface area contributed by atoms with E-state index in [1.807, 2.05) is 0 Å². The van der Waals surface area contributed by atoms with Crippen LogP contribution in [0.5, 0.6) is 11.5 Å². The molecule has 0 aliphatic carbocycles. The Kier molecular flexibility index (Phi) is 3.03. The number of hydrogen-bond acceptors (Lipinski definition) is 3. The van der Waals surface area contributed by atoms with E-state index in [2.05, 4.69) is 0 Å². The Morgan fingerprint density at radius 1 is 1.31 bits per heavy atom. The molecule has 0 spiro atoms. The second kappa shape index (κ2) is 4.47. The molecule has 0 amide bonds. The van der Waals surface area contributed by atoms with Crippen LogP contribution in [0.3, 0.4) is 0 Å². The molecule has 1 aliphatic heterocycles. The van der Waals surface area contributed by atoms with Crippen molar-refractivity contribution in [2.75, 3.05) is 13.2 Å². The molecule has 0 saturated carbocycles. The molecule has 0 unspecified atom stereocenters. The van der Waals surface area contributed by atoms with E-state index in [9.17, 15) is 13.6 Å². The van der Waals surface area contributed by atoms with Crippen molar-refractivity contribution in [3.05, 3.63) is 23.3 Å². The molecule has 0 bridgehead atoms. The quantitative estimate of drug-likeness (QED) is 0.741. The first kappa shape index (κ1) is 10.9. The fourth-order valence-corrected chi connectivity index (χ4v) is 1.62. The second-order valence-corrected chi connectivity index (χ2v) is 3.38. The van der Waals surface area contributed by atoms with Crippen molar-refractivity contribution in [2.24, 2.45) is 0 Å². The maximum atomic E-state index is 13.5. The monoisotopic (exact) mass is 228 g/mol. The van der Waals surface area contributed by atoms with Crippen molar-refractivity contribution in [3.8, 4) is 11.5 Å². The highest BCUT2D eigenvalue weighted by Gasteiger charge is 2.22. The van der Waals surface area contributed by atoms with Crippen LogP contribution < -0.4 is 9.47 Å². The summed E-state index contributed by atoms with van der Waals surface area (Å²) >= 11 is 0. The summed E-state index contributed by atoms with van der Waals surface area (Å²) in [5.74, 6) is -1.53. The van der Waals surface area contributed by atoms with Gasteiger partial charge in [0.25, 0.3) is 0 Å². The Morgan fingerprint density at radius 3 is 2.81 bits per heavy atom. The summed E-state index contributed by atoms with van der Waals surface area (Å²) in [5.41, 5.74) is 0.0711. The first-order chi connectivity index (χ1) is 7.74. The summed E-state index contributed by atoms with van der Waals surface area (Å²) in [6.07, 6.45) is 0.884. The summed E-state index contributed by atoms with van der Waals surface area (Å²) < 4.78 is 37.1. The molecule has 16 heavy (non-hydrogen) atoms. The lowest BCUT2D eigenvalue weighted by molar-refractivity contribution is -0.107. The standard InChI is InChI=1S/C11H10F2O3/c12-8-6-9-11(16-5-4-15-9)7(10(8)13)2-1-3-14/h3,6H,1-2,4-5H2. The van der Waals surface area contributed by atoms with Gasteiger partial charge in [0.05, 0.1) is 0 Å². The van der Waals surface area contributed by atoms with E-state index in [4.69, 9.17) is 9.47 Å². The van der Waals surface area contributed by atoms with Gasteiger partial charge in [-0.2, -0.15) is 0 Å². The van der Waals surface area contributed by atoms with E-state index in [0.29, 0.717) is 19.5 Å². The molecule has 1 aromatic carbocycles. The summed E-state index contributed by atoms with van der Waals surface area (Å²) in [5, 5.41) is 0. The fourth-order valence-electron chi connectivity index (χ4n) is 1.62. The molecule has 1 heterocycles. The van der Waals surface area contributed by atoms with Crippen LogP contribution in [-0.4, -0.2) is 19.5 Å². The van der Waals surface area contributed by atoms with Gasteiger partial charge in [0.2, 0.25) is 0 Å². The van der Waals surface area contributed by atoms with Crippen LogP contribution in [-0.2, 0) is 11.2 Å². The average molecular weight is 228 g/mol. The van der Waals surface area contributed by atoms with Gasteiger partial charge in [-0.3, -0.25) is 0 Å². The highest BCUT2D eigenvalue weighted by molar-refractivity contribution is 5.53. The highest BCUT2D eigenvalue weighted by Crippen LogP contribution is 2.37. The maximum Gasteiger partial charge on any atom is 0.167 e. The first-order valence-corrected chi connectivity index (χ1v) is 4.94. The first-order valence-electron chi connectivity index (χ1n) is 4.94. The fraction of sp³-hybridized carbons (Fsp3) is 0.364. The van der Waals surface area contributed by atoms with Gasteiger partial charge >= 0.3 is 0 Å². The van der Waals surface area contributed by atoms with Crippen LogP contribution >= 0.6 is 0 Å². The smallest absolute Gasteiger partial charge is 0.167 e. The van der Waals surface area contributed by atoms with Crippen LogP contribution in [0.15, 0.2) is 6.07 Å². The molecule has 2 rings (SSSR count). The molecule has 86 valence electrons. The van der Waals surface area contributed by atoms with E-state index in [0.717, 1.165) is 6.07 Å². The zero-order valence-electron chi connectivity index (χ0n) is 8.46. The summed E-state index contributed by atoms with van der Waals surface area (Å²) in [6.45, 7) is 0.608. The van der Waals surface area contributed by atoms with E-state index < -0.39 is 11.6 Å². The van der Waals surface area contributed by atoms with Crippen LogP contribution in [0.1, 0.15) is 12.0 Å². The van der Waals surface area contributed by atoms with E-state index in [1.165, 1.54) is 0 Å². The van der Waals surface area contributed by atoms with Gasteiger partial charge in [-0.15, -0.1) is 0 Å². The van der Waals surface area contributed by atoms with Crippen LogP contribution in [0, 0.1) is 11.6 Å². The van der Waals surface area contributed by atoms with Gasteiger partial charge < -0.3 is 14.3 Å². The van der Waals surface area contributed by atoms with E-state index >= 15 is 0 Å². The molecule has 0 saturated heterocycles. The van der Waals surface area contributed by atoms with Crippen molar-refractivity contribution in [2.45, 2.75) is 12.8 Å². The van der Waals surface area contributed by atoms with Crippen LogP contribution in [0.2, 0.25) is 0 Å². The summed E-state index contributed by atoms with van der Waals surface area (Å²) in [4.78, 5) is 10.3. The Labute approximate surface area is 91.0 Å². The molecule has 0 N–H and O–H groups in total. The second-order valence-electron chi connectivity index (χ2n) is 3.38. The third-order valence-electron chi connectivity index (χ3n) is 2.33. The van der Waals surface area contributed by atoms with Gasteiger partial charge in [-0.25, -0.2) is 8.78 Å². The minimum Gasteiger partial charge on any atom is -0.486 e. The summed E-state index contributed by atoms with van der Waals surface area (Å²) in [7, 11) is 0. The molecular weight excluding hydrogens is 218 g/mol. The van der Waals surface area contributed by atoms with Crippen LogP contribution in [0.25, 0.3) is 0 Å². The molecule has 1 aromatic rings. The zero-order valence-corrected chi connectivity index (χ0v) is 8.46. The number of benzene rings is 1. The Bertz CT molecular complexity index is 418. The Morgan fingerprint density at radius 2 is 2.06 bits per heavy atom. The predicted molar refractivity (Wildman–Crippen MR) is 51.7 cm³/mol. The average Bonchev–Trinajstić information content (AvgIpc) is 2.30.